The lowest BCUT2D eigenvalue weighted by Crippen LogP contribution is -3.12. The van der Waals surface area contributed by atoms with Gasteiger partial charge in [0.15, 0.2) is 18.0 Å². The number of fused-ring (bicyclic) bond motifs is 2. The number of benzene rings is 2. The Morgan fingerprint density at radius 3 is 2.52 bits per heavy atom. The van der Waals surface area contributed by atoms with Crippen LogP contribution in [-0.4, -0.2) is 32.2 Å². The zero-order valence-corrected chi connectivity index (χ0v) is 16.1. The standard InChI is InChI=1S/C22H26N2O3/c1-15-4-5-19(10-16(15)2)23-22(25)14-24-7-6-17-11-20-21(12-18(17)13-24)27-9-3-8-26-20/h4-5,10-12H,3,6-9,13-14H2,1-2H3,(H,23,25)/p+1. The molecule has 142 valence electrons. The minimum atomic E-state index is 0.0612. The van der Waals surface area contributed by atoms with E-state index in [1.54, 1.807) is 0 Å². The molecule has 2 aromatic rings. The highest BCUT2D eigenvalue weighted by Crippen LogP contribution is 2.33. The molecule has 0 radical (unpaired) electrons. The van der Waals surface area contributed by atoms with Gasteiger partial charge in [0.1, 0.15) is 6.54 Å². The van der Waals surface area contributed by atoms with Crippen LogP contribution in [0, 0.1) is 13.8 Å². The van der Waals surface area contributed by atoms with Gasteiger partial charge in [-0.2, -0.15) is 0 Å². The average molecular weight is 367 g/mol. The SMILES string of the molecule is Cc1ccc(NC(=O)C[NH+]2CCc3cc4c(cc3C2)OCCCO4)cc1C. The molecule has 0 aliphatic carbocycles. The number of nitrogens with one attached hydrogen (secondary N) is 2. The number of carbonyl (C=O) groups is 1. The normalized spacial score (nSPS) is 18.4. The van der Waals surface area contributed by atoms with Gasteiger partial charge in [0.05, 0.1) is 19.8 Å². The van der Waals surface area contributed by atoms with Crippen LogP contribution in [-0.2, 0) is 17.8 Å². The molecule has 0 saturated carbocycles. The van der Waals surface area contributed by atoms with Crippen molar-refractivity contribution in [1.82, 2.24) is 0 Å². The highest BCUT2D eigenvalue weighted by Gasteiger charge is 2.24. The molecule has 5 heteroatoms. The maximum Gasteiger partial charge on any atom is 0.279 e. The number of carbonyl (C=O) groups excluding carboxylic acids is 1. The van der Waals surface area contributed by atoms with E-state index in [2.05, 4.69) is 31.3 Å². The lowest BCUT2D eigenvalue weighted by atomic mass is 9.99. The summed E-state index contributed by atoms with van der Waals surface area (Å²) < 4.78 is 11.6. The molecular weight excluding hydrogens is 340 g/mol. The summed E-state index contributed by atoms with van der Waals surface area (Å²) in [6.07, 6.45) is 1.87. The predicted molar refractivity (Wildman–Crippen MR) is 105 cm³/mol. The molecule has 2 N–H and O–H groups in total. The molecule has 1 unspecified atom stereocenters. The summed E-state index contributed by atoms with van der Waals surface area (Å²) in [6, 6.07) is 10.3. The van der Waals surface area contributed by atoms with Crippen molar-refractivity contribution < 1.29 is 19.2 Å². The minimum absolute atomic E-state index is 0.0612. The van der Waals surface area contributed by atoms with Crippen molar-refractivity contribution in [2.24, 2.45) is 0 Å². The molecular formula is C22H27N2O3+. The van der Waals surface area contributed by atoms with Crippen LogP contribution in [0.25, 0.3) is 0 Å². The number of anilines is 1. The van der Waals surface area contributed by atoms with E-state index < -0.39 is 0 Å². The van der Waals surface area contributed by atoms with Crippen molar-refractivity contribution in [3.05, 3.63) is 52.6 Å². The van der Waals surface area contributed by atoms with Crippen LogP contribution >= 0.6 is 0 Å². The summed E-state index contributed by atoms with van der Waals surface area (Å²) in [5.74, 6) is 1.76. The van der Waals surface area contributed by atoms with Crippen LogP contribution in [0.15, 0.2) is 30.3 Å². The molecule has 1 atom stereocenters. The van der Waals surface area contributed by atoms with Crippen molar-refractivity contribution in [3.63, 3.8) is 0 Å². The number of hydrogen-bond donors (Lipinski definition) is 2. The van der Waals surface area contributed by atoms with Gasteiger partial charge >= 0.3 is 0 Å². The van der Waals surface area contributed by atoms with E-state index in [4.69, 9.17) is 9.47 Å². The van der Waals surface area contributed by atoms with Crippen molar-refractivity contribution in [2.75, 3.05) is 31.6 Å². The number of rotatable bonds is 3. The molecule has 2 heterocycles. The summed E-state index contributed by atoms with van der Waals surface area (Å²) in [4.78, 5) is 13.8. The van der Waals surface area contributed by atoms with Gasteiger partial charge in [0, 0.05) is 24.1 Å². The lowest BCUT2D eigenvalue weighted by molar-refractivity contribution is -0.907. The molecule has 0 aromatic heterocycles. The summed E-state index contributed by atoms with van der Waals surface area (Å²) in [5, 5.41) is 3.03. The molecule has 0 saturated heterocycles. The van der Waals surface area contributed by atoms with Gasteiger partial charge in [0.2, 0.25) is 0 Å². The van der Waals surface area contributed by atoms with Gasteiger partial charge < -0.3 is 19.7 Å². The van der Waals surface area contributed by atoms with E-state index >= 15 is 0 Å². The summed E-state index contributed by atoms with van der Waals surface area (Å²) in [7, 11) is 0. The highest BCUT2D eigenvalue weighted by atomic mass is 16.5. The smallest absolute Gasteiger partial charge is 0.279 e. The summed E-state index contributed by atoms with van der Waals surface area (Å²) in [6.45, 7) is 7.81. The summed E-state index contributed by atoms with van der Waals surface area (Å²) in [5.41, 5.74) is 5.87. The van der Waals surface area contributed by atoms with Crippen molar-refractivity contribution in [3.8, 4) is 11.5 Å². The molecule has 0 bridgehead atoms. The summed E-state index contributed by atoms with van der Waals surface area (Å²) >= 11 is 0. The number of amides is 1. The fourth-order valence-electron chi connectivity index (χ4n) is 3.76. The third kappa shape index (κ3) is 4.08. The second-order valence-corrected chi connectivity index (χ2v) is 7.57. The molecule has 27 heavy (non-hydrogen) atoms. The van der Waals surface area contributed by atoms with Crippen LogP contribution < -0.4 is 19.7 Å². The molecule has 2 aliphatic rings. The van der Waals surface area contributed by atoms with E-state index in [1.165, 1.54) is 27.2 Å². The maximum absolute atomic E-state index is 12.5. The minimum Gasteiger partial charge on any atom is -0.490 e. The molecule has 0 fully saturated rings. The van der Waals surface area contributed by atoms with E-state index in [0.29, 0.717) is 19.8 Å². The second-order valence-electron chi connectivity index (χ2n) is 7.57. The first kappa shape index (κ1) is 17.9. The quantitative estimate of drug-likeness (QED) is 0.873. The van der Waals surface area contributed by atoms with E-state index in [1.807, 2.05) is 18.2 Å². The van der Waals surface area contributed by atoms with Crippen LogP contribution in [0.5, 0.6) is 11.5 Å². The predicted octanol–water partition coefficient (Wildman–Crippen LogP) is 2.04. The molecule has 5 nitrogen and oxygen atoms in total. The fourth-order valence-corrected chi connectivity index (χ4v) is 3.76. The third-order valence-electron chi connectivity index (χ3n) is 5.46. The number of aryl methyl sites for hydroxylation is 2. The van der Waals surface area contributed by atoms with Gasteiger partial charge in [0.25, 0.3) is 5.91 Å². The zero-order valence-electron chi connectivity index (χ0n) is 16.1. The first-order valence-electron chi connectivity index (χ1n) is 9.70. The van der Waals surface area contributed by atoms with Gasteiger partial charge in [-0.05, 0) is 54.8 Å². The van der Waals surface area contributed by atoms with E-state index in [-0.39, 0.29) is 5.91 Å². The Labute approximate surface area is 160 Å². The highest BCUT2D eigenvalue weighted by molar-refractivity contribution is 5.91. The molecule has 2 aliphatic heterocycles. The van der Waals surface area contributed by atoms with Crippen molar-refractivity contribution in [1.29, 1.82) is 0 Å². The lowest BCUT2D eigenvalue weighted by Gasteiger charge is -2.26. The Bertz CT molecular complexity index is 863. The van der Waals surface area contributed by atoms with Crippen LogP contribution in [0.4, 0.5) is 5.69 Å². The van der Waals surface area contributed by atoms with Gasteiger partial charge in [-0.15, -0.1) is 0 Å². The Morgan fingerprint density at radius 2 is 1.78 bits per heavy atom. The van der Waals surface area contributed by atoms with Crippen LogP contribution in [0.3, 0.4) is 0 Å². The van der Waals surface area contributed by atoms with Crippen LogP contribution in [0.1, 0.15) is 28.7 Å². The maximum atomic E-state index is 12.5. The van der Waals surface area contributed by atoms with E-state index in [0.717, 1.165) is 43.1 Å². The van der Waals surface area contributed by atoms with Gasteiger partial charge in [-0.25, -0.2) is 0 Å². The third-order valence-corrected chi connectivity index (χ3v) is 5.46. The fraction of sp³-hybridized carbons (Fsp3) is 0.409. The molecule has 1 amide bonds. The second kappa shape index (κ2) is 7.61. The van der Waals surface area contributed by atoms with Gasteiger partial charge in [-0.1, -0.05) is 6.07 Å². The topological polar surface area (TPSA) is 52.0 Å². The number of ether oxygens (including phenoxy) is 2. The average Bonchev–Trinajstić information content (AvgIpc) is 2.87. The largest absolute Gasteiger partial charge is 0.490 e. The number of quaternary nitrogens is 1. The monoisotopic (exact) mass is 367 g/mol. The van der Waals surface area contributed by atoms with Crippen LogP contribution in [0.2, 0.25) is 0 Å². The Kier molecular flexibility index (Phi) is 5.03. The Balaban J connectivity index is 1.41. The van der Waals surface area contributed by atoms with E-state index in [9.17, 15) is 4.79 Å². The molecule has 0 spiro atoms. The zero-order chi connectivity index (χ0) is 18.8. The molecule has 4 rings (SSSR count). The first-order chi connectivity index (χ1) is 13.1. The van der Waals surface area contributed by atoms with Gasteiger partial charge in [-0.3, -0.25) is 4.79 Å². The molecule has 2 aromatic carbocycles. The Morgan fingerprint density at radius 1 is 1.04 bits per heavy atom. The van der Waals surface area contributed by atoms with Crippen molar-refractivity contribution in [2.45, 2.75) is 33.2 Å². The first-order valence-corrected chi connectivity index (χ1v) is 9.70. The Hall–Kier alpha value is -2.53. The number of hydrogen-bond acceptors (Lipinski definition) is 3. The van der Waals surface area contributed by atoms with Crippen molar-refractivity contribution >= 4 is 11.6 Å².